The summed E-state index contributed by atoms with van der Waals surface area (Å²) in [6, 6.07) is 8.88. The molecule has 0 spiro atoms. The Kier molecular flexibility index (Phi) is 7.18. The summed E-state index contributed by atoms with van der Waals surface area (Å²) in [5, 5.41) is 6.80. The van der Waals surface area contributed by atoms with E-state index in [0.29, 0.717) is 13.1 Å². The zero-order chi connectivity index (χ0) is 20.0. The number of benzene rings is 1. The maximum absolute atomic E-state index is 11.5. The molecule has 1 aromatic rings. The standard InChI is InChI=1S/C20H33N5O2S/c1-17(18-6-5-7-19(16-18)25-9-3-4-10-25)23-20(21-2)22-8-11-24-12-14-28(26,27)15-13-24/h5-7,16-17H,3-4,8-15H2,1-2H3,(H2,21,22,23). The molecule has 0 saturated carbocycles. The van der Waals surface area contributed by atoms with Crippen LogP contribution < -0.4 is 15.5 Å². The lowest BCUT2D eigenvalue weighted by Gasteiger charge is -2.27. The molecule has 0 aromatic heterocycles. The highest BCUT2D eigenvalue weighted by atomic mass is 32.2. The molecule has 2 heterocycles. The first-order valence-electron chi connectivity index (χ1n) is 10.2. The fraction of sp³-hybridized carbons (Fsp3) is 0.650. The molecule has 156 valence electrons. The van der Waals surface area contributed by atoms with Crippen molar-refractivity contribution in [1.82, 2.24) is 15.5 Å². The van der Waals surface area contributed by atoms with Crippen LogP contribution in [0.25, 0.3) is 0 Å². The first-order chi connectivity index (χ1) is 13.5. The average molecular weight is 408 g/mol. The topological polar surface area (TPSA) is 77.0 Å². The Labute approximate surface area is 169 Å². The SMILES string of the molecule is CN=C(NCCN1CCS(=O)(=O)CC1)NC(C)c1cccc(N2CCCC2)c1. The van der Waals surface area contributed by atoms with Crippen molar-refractivity contribution in [2.45, 2.75) is 25.8 Å². The molecule has 1 unspecified atom stereocenters. The summed E-state index contributed by atoms with van der Waals surface area (Å²) >= 11 is 0. The summed E-state index contributed by atoms with van der Waals surface area (Å²) in [5.74, 6) is 1.30. The van der Waals surface area contributed by atoms with Gasteiger partial charge in [-0.05, 0) is 37.5 Å². The number of hydrogen-bond donors (Lipinski definition) is 2. The van der Waals surface area contributed by atoms with Crippen LogP contribution >= 0.6 is 0 Å². The maximum atomic E-state index is 11.5. The first kappa shape index (κ1) is 20.9. The van der Waals surface area contributed by atoms with Gasteiger partial charge in [0.25, 0.3) is 0 Å². The fourth-order valence-corrected chi connectivity index (χ4v) is 5.03. The lowest BCUT2D eigenvalue weighted by atomic mass is 10.1. The molecule has 2 fully saturated rings. The Hall–Kier alpha value is -1.80. The van der Waals surface area contributed by atoms with E-state index in [1.54, 1.807) is 7.05 Å². The molecule has 1 atom stereocenters. The van der Waals surface area contributed by atoms with E-state index in [2.05, 4.69) is 56.6 Å². The van der Waals surface area contributed by atoms with Crippen molar-refractivity contribution < 1.29 is 8.42 Å². The van der Waals surface area contributed by atoms with Crippen molar-refractivity contribution >= 4 is 21.5 Å². The number of rotatable bonds is 6. The molecule has 7 nitrogen and oxygen atoms in total. The minimum absolute atomic E-state index is 0.147. The van der Waals surface area contributed by atoms with Crippen molar-refractivity contribution in [1.29, 1.82) is 0 Å². The minimum atomic E-state index is -2.82. The zero-order valence-corrected chi connectivity index (χ0v) is 17.8. The molecule has 0 amide bonds. The molecule has 0 bridgehead atoms. The van der Waals surface area contributed by atoms with Gasteiger partial charge < -0.3 is 15.5 Å². The number of aliphatic imine (C=N–C) groups is 1. The Balaban J connectivity index is 1.47. The summed E-state index contributed by atoms with van der Waals surface area (Å²) < 4.78 is 23.0. The second kappa shape index (κ2) is 9.60. The number of anilines is 1. The molecule has 2 aliphatic heterocycles. The molecule has 2 N–H and O–H groups in total. The van der Waals surface area contributed by atoms with Crippen molar-refractivity contribution in [2.24, 2.45) is 4.99 Å². The maximum Gasteiger partial charge on any atom is 0.191 e. The molecule has 0 aliphatic carbocycles. The summed E-state index contributed by atoms with van der Waals surface area (Å²) in [5.41, 5.74) is 2.54. The Bertz CT molecular complexity index is 761. The Morgan fingerprint density at radius 1 is 1.18 bits per heavy atom. The van der Waals surface area contributed by atoms with E-state index >= 15 is 0 Å². The molecule has 0 radical (unpaired) electrons. The van der Waals surface area contributed by atoms with Gasteiger partial charge in [-0.2, -0.15) is 0 Å². The smallest absolute Gasteiger partial charge is 0.191 e. The second-order valence-electron chi connectivity index (χ2n) is 7.65. The molecule has 3 rings (SSSR count). The molecule has 1 aromatic carbocycles. The summed E-state index contributed by atoms with van der Waals surface area (Å²) in [7, 11) is -1.05. The predicted molar refractivity (Wildman–Crippen MR) is 116 cm³/mol. The van der Waals surface area contributed by atoms with Crippen LogP contribution in [-0.4, -0.2) is 77.1 Å². The number of hydrogen-bond acceptors (Lipinski definition) is 5. The van der Waals surface area contributed by atoms with Gasteiger partial charge in [-0.3, -0.25) is 9.89 Å². The van der Waals surface area contributed by atoms with Gasteiger partial charge in [-0.1, -0.05) is 12.1 Å². The van der Waals surface area contributed by atoms with Gasteiger partial charge in [0.2, 0.25) is 0 Å². The number of nitrogens with one attached hydrogen (secondary N) is 2. The van der Waals surface area contributed by atoms with Gasteiger partial charge in [-0.15, -0.1) is 0 Å². The van der Waals surface area contributed by atoms with Gasteiger partial charge >= 0.3 is 0 Å². The fourth-order valence-electron chi connectivity index (χ4n) is 3.76. The van der Waals surface area contributed by atoms with Gasteiger partial charge in [-0.25, -0.2) is 8.42 Å². The van der Waals surface area contributed by atoms with Crippen LogP contribution in [0.1, 0.15) is 31.4 Å². The van der Waals surface area contributed by atoms with E-state index in [1.165, 1.54) is 24.1 Å². The highest BCUT2D eigenvalue weighted by Crippen LogP contribution is 2.23. The van der Waals surface area contributed by atoms with Crippen LogP contribution in [0.3, 0.4) is 0 Å². The van der Waals surface area contributed by atoms with Crippen molar-refractivity contribution in [3.05, 3.63) is 29.8 Å². The summed E-state index contributed by atoms with van der Waals surface area (Å²) in [6.45, 7) is 7.23. The van der Waals surface area contributed by atoms with E-state index in [9.17, 15) is 8.42 Å². The number of nitrogens with zero attached hydrogens (tertiary/aromatic N) is 3. The Morgan fingerprint density at radius 3 is 2.57 bits per heavy atom. The van der Waals surface area contributed by atoms with Crippen LogP contribution in [0.15, 0.2) is 29.3 Å². The van der Waals surface area contributed by atoms with E-state index in [4.69, 9.17) is 0 Å². The van der Waals surface area contributed by atoms with E-state index in [0.717, 1.165) is 32.1 Å². The minimum Gasteiger partial charge on any atom is -0.372 e. The van der Waals surface area contributed by atoms with Crippen LogP contribution in [0.2, 0.25) is 0 Å². The highest BCUT2D eigenvalue weighted by Gasteiger charge is 2.21. The van der Waals surface area contributed by atoms with E-state index in [-0.39, 0.29) is 17.5 Å². The average Bonchev–Trinajstić information content (AvgIpc) is 3.23. The van der Waals surface area contributed by atoms with Crippen LogP contribution in [0.5, 0.6) is 0 Å². The van der Waals surface area contributed by atoms with Crippen molar-refractivity contribution in [3.63, 3.8) is 0 Å². The number of guanidine groups is 1. The van der Waals surface area contributed by atoms with Crippen molar-refractivity contribution in [2.75, 3.05) is 62.7 Å². The summed E-state index contributed by atoms with van der Waals surface area (Å²) in [4.78, 5) is 8.96. The van der Waals surface area contributed by atoms with Gasteiger partial charge in [0.1, 0.15) is 0 Å². The quantitative estimate of drug-likeness (QED) is 0.546. The van der Waals surface area contributed by atoms with Gasteiger partial charge in [0.15, 0.2) is 15.8 Å². The zero-order valence-electron chi connectivity index (χ0n) is 17.0. The molecule has 28 heavy (non-hydrogen) atoms. The highest BCUT2D eigenvalue weighted by molar-refractivity contribution is 7.91. The van der Waals surface area contributed by atoms with Crippen molar-refractivity contribution in [3.8, 4) is 0 Å². The second-order valence-corrected chi connectivity index (χ2v) is 9.95. The molecular weight excluding hydrogens is 374 g/mol. The third kappa shape index (κ3) is 5.85. The van der Waals surface area contributed by atoms with E-state index < -0.39 is 9.84 Å². The molecule has 8 heteroatoms. The van der Waals surface area contributed by atoms with Crippen LogP contribution in [-0.2, 0) is 9.84 Å². The van der Waals surface area contributed by atoms with Crippen LogP contribution in [0, 0.1) is 0 Å². The third-order valence-corrected chi connectivity index (χ3v) is 7.18. The largest absolute Gasteiger partial charge is 0.372 e. The molecule has 2 saturated heterocycles. The van der Waals surface area contributed by atoms with Crippen LogP contribution in [0.4, 0.5) is 5.69 Å². The molecular formula is C20H33N5O2S. The van der Waals surface area contributed by atoms with Gasteiger partial charge in [0, 0.05) is 52.0 Å². The molecule has 2 aliphatic rings. The third-order valence-electron chi connectivity index (χ3n) is 5.58. The van der Waals surface area contributed by atoms with E-state index in [1.807, 2.05) is 0 Å². The lowest BCUT2D eigenvalue weighted by Crippen LogP contribution is -2.46. The Morgan fingerprint density at radius 2 is 1.89 bits per heavy atom. The monoisotopic (exact) mass is 407 g/mol. The lowest BCUT2D eigenvalue weighted by molar-refractivity contribution is 0.299. The predicted octanol–water partition coefficient (Wildman–Crippen LogP) is 1.24. The number of sulfone groups is 1. The first-order valence-corrected chi connectivity index (χ1v) is 12.0. The summed E-state index contributed by atoms with van der Waals surface area (Å²) in [6.07, 6.45) is 2.55. The van der Waals surface area contributed by atoms with Gasteiger partial charge in [0.05, 0.1) is 17.5 Å². The normalized spacial score (nSPS) is 21.5.